The molecule has 0 aliphatic carbocycles. The zero-order chi connectivity index (χ0) is 33.1. The Morgan fingerprint density at radius 1 is 1.15 bits per heavy atom. The van der Waals surface area contributed by atoms with Crippen LogP contribution in [0.3, 0.4) is 0 Å². The average Bonchev–Trinajstić information content (AvgIpc) is 3.67. The Morgan fingerprint density at radius 3 is 2.66 bits per heavy atom. The van der Waals surface area contributed by atoms with Crippen molar-refractivity contribution in [3.8, 4) is 29.1 Å². The van der Waals surface area contributed by atoms with Crippen molar-refractivity contribution in [2.24, 2.45) is 4.99 Å². The molecular formula is C35H30BrN3O7S. The van der Waals surface area contributed by atoms with Gasteiger partial charge >= 0.3 is 5.97 Å². The number of nitriles is 1. The van der Waals surface area contributed by atoms with Gasteiger partial charge in [-0.1, -0.05) is 42.9 Å². The normalized spacial score (nSPS) is 15.1. The molecule has 3 aromatic carbocycles. The SMILES string of the molecule is CCCC1=C(C(=O)OCC)[C@@H](c2ccc3c(c2)OCO3)n2c(s/c(=C/c3cc(Br)c(OCc4ccc(C#N)cc4)c(OC)c3)c2=O)=N1. The van der Waals surface area contributed by atoms with Crippen LogP contribution in [0.5, 0.6) is 23.0 Å². The lowest BCUT2D eigenvalue weighted by atomic mass is 9.94. The van der Waals surface area contributed by atoms with Crippen LogP contribution >= 0.6 is 27.3 Å². The molecule has 0 amide bonds. The summed E-state index contributed by atoms with van der Waals surface area (Å²) in [6.07, 6.45) is 3.05. The highest BCUT2D eigenvalue weighted by Gasteiger charge is 2.35. The quantitative estimate of drug-likeness (QED) is 0.197. The summed E-state index contributed by atoms with van der Waals surface area (Å²) in [5, 5.41) is 9.06. The lowest BCUT2D eigenvalue weighted by Gasteiger charge is -2.25. The van der Waals surface area contributed by atoms with Gasteiger partial charge in [0, 0.05) is 0 Å². The number of hydrogen-bond donors (Lipinski definition) is 0. The lowest BCUT2D eigenvalue weighted by molar-refractivity contribution is -0.139. The number of halogens is 1. The predicted octanol–water partition coefficient (Wildman–Crippen LogP) is 5.53. The molecule has 0 fully saturated rings. The topological polar surface area (TPSA) is 121 Å². The smallest absolute Gasteiger partial charge is 0.338 e. The van der Waals surface area contributed by atoms with Crippen LogP contribution in [0, 0.1) is 11.3 Å². The van der Waals surface area contributed by atoms with Gasteiger partial charge in [-0.3, -0.25) is 9.36 Å². The number of rotatable bonds is 10. The van der Waals surface area contributed by atoms with Gasteiger partial charge in [0.2, 0.25) is 6.79 Å². The van der Waals surface area contributed by atoms with E-state index >= 15 is 0 Å². The van der Waals surface area contributed by atoms with Crippen LogP contribution in [0.4, 0.5) is 0 Å². The van der Waals surface area contributed by atoms with Crippen molar-refractivity contribution in [2.75, 3.05) is 20.5 Å². The molecule has 12 heteroatoms. The van der Waals surface area contributed by atoms with Crippen molar-refractivity contribution < 1.29 is 28.5 Å². The number of methoxy groups -OCH3 is 1. The van der Waals surface area contributed by atoms with Crippen LogP contribution in [-0.2, 0) is 16.1 Å². The molecule has 47 heavy (non-hydrogen) atoms. The van der Waals surface area contributed by atoms with E-state index in [9.17, 15) is 9.59 Å². The second-order valence-corrected chi connectivity index (χ2v) is 12.5. The molecule has 4 aromatic rings. The number of esters is 1. The number of fused-ring (bicyclic) bond motifs is 2. The zero-order valence-corrected chi connectivity index (χ0v) is 28.3. The fourth-order valence-corrected chi connectivity index (χ4v) is 7.06. The maximum Gasteiger partial charge on any atom is 0.338 e. The number of aromatic nitrogens is 1. The van der Waals surface area contributed by atoms with Crippen molar-refractivity contribution in [3.05, 3.63) is 112 Å². The molecule has 0 saturated heterocycles. The minimum absolute atomic E-state index is 0.0987. The van der Waals surface area contributed by atoms with E-state index in [1.807, 2.05) is 31.2 Å². The Hall–Kier alpha value is -4.86. The first-order chi connectivity index (χ1) is 22.8. The van der Waals surface area contributed by atoms with Crippen LogP contribution in [0.25, 0.3) is 6.08 Å². The summed E-state index contributed by atoms with van der Waals surface area (Å²) in [6, 6.07) is 17.5. The molecule has 0 N–H and O–H groups in total. The van der Waals surface area contributed by atoms with Gasteiger partial charge in [0.25, 0.3) is 5.56 Å². The average molecular weight is 717 g/mol. The van der Waals surface area contributed by atoms with Gasteiger partial charge in [-0.25, -0.2) is 9.79 Å². The Kier molecular flexibility index (Phi) is 9.47. The third-order valence-corrected chi connectivity index (χ3v) is 9.19. The molecular weight excluding hydrogens is 686 g/mol. The minimum Gasteiger partial charge on any atom is -0.493 e. The Balaban J connectivity index is 1.43. The first-order valence-corrected chi connectivity index (χ1v) is 16.6. The number of carbonyl (C=O) groups excluding carboxylic acids is 1. The second-order valence-electron chi connectivity index (χ2n) is 10.7. The molecule has 0 spiro atoms. The van der Waals surface area contributed by atoms with Crippen LogP contribution in [0.2, 0.25) is 0 Å². The number of benzene rings is 3. The van der Waals surface area contributed by atoms with Crippen molar-refractivity contribution in [2.45, 2.75) is 39.3 Å². The third-order valence-electron chi connectivity index (χ3n) is 7.62. The molecule has 1 aromatic heterocycles. The molecule has 2 aliphatic heterocycles. The summed E-state index contributed by atoms with van der Waals surface area (Å²) in [4.78, 5) is 33.0. The minimum atomic E-state index is -0.775. The summed E-state index contributed by atoms with van der Waals surface area (Å²) in [7, 11) is 1.55. The fraction of sp³-hybridized carbons (Fsp3) is 0.257. The van der Waals surface area contributed by atoms with E-state index in [0.717, 1.165) is 12.0 Å². The zero-order valence-electron chi connectivity index (χ0n) is 25.9. The van der Waals surface area contributed by atoms with Gasteiger partial charge in [-0.15, -0.1) is 0 Å². The molecule has 10 nitrogen and oxygen atoms in total. The number of nitrogens with zero attached hydrogens (tertiary/aromatic N) is 3. The van der Waals surface area contributed by atoms with E-state index in [1.54, 1.807) is 55.0 Å². The van der Waals surface area contributed by atoms with E-state index in [0.29, 0.717) is 71.2 Å². The lowest BCUT2D eigenvalue weighted by Crippen LogP contribution is -2.40. The van der Waals surface area contributed by atoms with Gasteiger partial charge in [-0.05, 0) is 88.4 Å². The largest absolute Gasteiger partial charge is 0.493 e. The summed E-state index contributed by atoms with van der Waals surface area (Å²) in [5.74, 6) is 1.60. The number of ether oxygens (including phenoxy) is 5. The van der Waals surface area contributed by atoms with Crippen LogP contribution in [-0.4, -0.2) is 31.0 Å². The van der Waals surface area contributed by atoms with Crippen molar-refractivity contribution in [1.29, 1.82) is 5.26 Å². The molecule has 0 unspecified atom stereocenters. The van der Waals surface area contributed by atoms with E-state index < -0.39 is 12.0 Å². The summed E-state index contributed by atoms with van der Waals surface area (Å²) in [5.41, 5.74) is 3.47. The maximum absolute atomic E-state index is 14.2. The molecule has 0 bridgehead atoms. The number of allylic oxidation sites excluding steroid dienone is 1. The summed E-state index contributed by atoms with van der Waals surface area (Å²) < 4.78 is 31.0. The van der Waals surface area contributed by atoms with Gasteiger partial charge in [0.05, 0.1) is 51.7 Å². The van der Waals surface area contributed by atoms with Crippen molar-refractivity contribution in [1.82, 2.24) is 4.57 Å². The number of thiazole rings is 1. The highest BCUT2D eigenvalue weighted by atomic mass is 79.9. The summed E-state index contributed by atoms with van der Waals surface area (Å²) >= 11 is 4.85. The molecule has 1 atom stereocenters. The standard InChI is InChI=1S/C35H30BrN3O7S/c1-4-6-25-30(34(41)43-5-2)31(23-11-12-26-27(16-23)46-19-45-26)39-33(40)29(47-35(39)38-25)15-22-13-24(36)32(28(14-22)42-3)44-18-21-9-7-20(17-37)8-10-21/h7-16,31H,4-6,18-19H2,1-3H3/b29-15+/t31-/m1/s1. The first-order valence-electron chi connectivity index (χ1n) is 15.0. The van der Waals surface area contributed by atoms with Gasteiger partial charge in [0.1, 0.15) is 6.61 Å². The maximum atomic E-state index is 14.2. The first kappa shape index (κ1) is 32.1. The Bertz CT molecular complexity index is 2110. The Labute approximate surface area is 282 Å². The molecule has 3 heterocycles. The van der Waals surface area contributed by atoms with Gasteiger partial charge in [-0.2, -0.15) is 5.26 Å². The Morgan fingerprint density at radius 2 is 1.94 bits per heavy atom. The van der Waals surface area contributed by atoms with Crippen LogP contribution < -0.4 is 33.8 Å². The molecule has 6 rings (SSSR count). The van der Waals surface area contributed by atoms with E-state index in [4.69, 9.17) is 33.9 Å². The molecule has 240 valence electrons. The van der Waals surface area contributed by atoms with Crippen LogP contribution in [0.1, 0.15) is 55.0 Å². The van der Waals surface area contributed by atoms with Gasteiger partial charge in [0.15, 0.2) is 27.8 Å². The van der Waals surface area contributed by atoms with Crippen molar-refractivity contribution >= 4 is 39.3 Å². The highest BCUT2D eigenvalue weighted by Crippen LogP contribution is 2.40. The molecule has 0 radical (unpaired) electrons. The fourth-order valence-electron chi connectivity index (χ4n) is 5.47. The number of hydrogen-bond acceptors (Lipinski definition) is 10. The monoisotopic (exact) mass is 715 g/mol. The van der Waals surface area contributed by atoms with Gasteiger partial charge < -0.3 is 23.7 Å². The highest BCUT2D eigenvalue weighted by molar-refractivity contribution is 9.10. The van der Waals surface area contributed by atoms with Crippen LogP contribution in [0.15, 0.2) is 80.1 Å². The molecule has 0 saturated carbocycles. The number of carbonyl (C=O) groups is 1. The summed E-state index contributed by atoms with van der Waals surface area (Å²) in [6.45, 7) is 4.31. The van der Waals surface area contributed by atoms with E-state index in [2.05, 4.69) is 22.0 Å². The van der Waals surface area contributed by atoms with E-state index in [-0.39, 0.29) is 25.6 Å². The van der Waals surface area contributed by atoms with Crippen molar-refractivity contribution in [3.63, 3.8) is 0 Å². The van der Waals surface area contributed by atoms with E-state index in [1.165, 1.54) is 11.3 Å². The third kappa shape index (κ3) is 6.41. The second kappa shape index (κ2) is 13.9. The predicted molar refractivity (Wildman–Crippen MR) is 178 cm³/mol. The molecule has 2 aliphatic rings.